The third-order valence-electron chi connectivity index (χ3n) is 6.75. The van der Waals surface area contributed by atoms with E-state index in [2.05, 4.69) is 61.9 Å². The first-order valence-electron chi connectivity index (χ1n) is 12.9. The SMILES string of the molecule is COC1=C(OC)C(OC(=O)c2ccc(Br)cc2)C(C/C=C(\C)CC/C=C(\C)CCC=C(C)C)C(C)C1=O. The topological polar surface area (TPSA) is 61.8 Å². The van der Waals surface area contributed by atoms with Gasteiger partial charge in [-0.05, 0) is 84.1 Å². The maximum Gasteiger partial charge on any atom is 0.338 e. The second-order valence-corrected chi connectivity index (χ2v) is 10.9. The molecule has 0 amide bonds. The Bertz CT molecular complexity index is 1060. The van der Waals surface area contributed by atoms with Gasteiger partial charge in [0.2, 0.25) is 11.5 Å². The summed E-state index contributed by atoms with van der Waals surface area (Å²) in [6, 6.07) is 6.98. The van der Waals surface area contributed by atoms with Gasteiger partial charge in [0.15, 0.2) is 11.9 Å². The number of Topliss-reactive ketones (excluding diaryl/α,β-unsaturated/α-hetero) is 1. The summed E-state index contributed by atoms with van der Waals surface area (Å²) >= 11 is 3.38. The Balaban J connectivity index is 2.18. The first-order valence-corrected chi connectivity index (χ1v) is 13.7. The molecule has 0 radical (unpaired) electrons. The molecular weight excluding hydrogens is 532 g/mol. The Morgan fingerprint density at radius 2 is 1.51 bits per heavy atom. The Morgan fingerprint density at radius 3 is 2.08 bits per heavy atom. The quantitative estimate of drug-likeness (QED) is 0.187. The van der Waals surface area contributed by atoms with Crippen LogP contribution in [0.3, 0.4) is 0 Å². The fraction of sp³-hybridized carbons (Fsp3) is 0.484. The number of allylic oxidation sites excluding steroid dienone is 7. The molecule has 3 atom stereocenters. The van der Waals surface area contributed by atoms with Crippen LogP contribution in [0.15, 0.2) is 75.2 Å². The number of hydrogen-bond donors (Lipinski definition) is 0. The molecule has 202 valence electrons. The summed E-state index contributed by atoms with van der Waals surface area (Å²) in [6.07, 6.45) is 10.7. The minimum atomic E-state index is -0.731. The fourth-order valence-electron chi connectivity index (χ4n) is 4.43. The van der Waals surface area contributed by atoms with Gasteiger partial charge in [-0.1, -0.05) is 57.8 Å². The zero-order chi connectivity index (χ0) is 27.5. The zero-order valence-corrected chi connectivity index (χ0v) is 24.8. The molecule has 0 saturated carbocycles. The van der Waals surface area contributed by atoms with E-state index in [1.165, 1.54) is 30.9 Å². The molecule has 0 heterocycles. The van der Waals surface area contributed by atoms with Crippen molar-refractivity contribution < 1.29 is 23.8 Å². The molecule has 0 spiro atoms. The average Bonchev–Trinajstić information content (AvgIpc) is 2.85. The van der Waals surface area contributed by atoms with Crippen molar-refractivity contribution in [2.45, 2.75) is 72.8 Å². The summed E-state index contributed by atoms with van der Waals surface area (Å²) < 4.78 is 17.8. The van der Waals surface area contributed by atoms with E-state index in [1.54, 1.807) is 24.3 Å². The van der Waals surface area contributed by atoms with Crippen molar-refractivity contribution in [3.05, 3.63) is 80.8 Å². The molecule has 5 nitrogen and oxygen atoms in total. The van der Waals surface area contributed by atoms with Crippen molar-refractivity contribution in [1.82, 2.24) is 0 Å². The number of rotatable bonds is 12. The fourth-order valence-corrected chi connectivity index (χ4v) is 4.70. The smallest absolute Gasteiger partial charge is 0.338 e. The van der Waals surface area contributed by atoms with E-state index in [9.17, 15) is 9.59 Å². The lowest BCUT2D eigenvalue weighted by Crippen LogP contribution is -2.42. The summed E-state index contributed by atoms with van der Waals surface area (Å²) in [5.41, 5.74) is 4.43. The molecule has 6 heteroatoms. The van der Waals surface area contributed by atoms with Gasteiger partial charge in [-0.2, -0.15) is 0 Å². The Hall–Kier alpha value is -2.60. The number of halogens is 1. The molecule has 0 aromatic heterocycles. The van der Waals surface area contributed by atoms with Crippen LogP contribution < -0.4 is 0 Å². The van der Waals surface area contributed by atoms with E-state index < -0.39 is 18.0 Å². The van der Waals surface area contributed by atoms with Gasteiger partial charge in [-0.15, -0.1) is 0 Å². The molecule has 0 bridgehead atoms. The van der Waals surface area contributed by atoms with Crippen molar-refractivity contribution in [2.75, 3.05) is 14.2 Å². The van der Waals surface area contributed by atoms with E-state index in [4.69, 9.17) is 14.2 Å². The van der Waals surface area contributed by atoms with Crippen molar-refractivity contribution in [3.63, 3.8) is 0 Å². The lowest BCUT2D eigenvalue weighted by molar-refractivity contribution is -0.128. The number of ketones is 1. The number of benzene rings is 1. The van der Waals surface area contributed by atoms with Gasteiger partial charge in [0.25, 0.3) is 0 Å². The Kier molecular flexibility index (Phi) is 12.4. The minimum absolute atomic E-state index is 0.120. The van der Waals surface area contributed by atoms with E-state index in [-0.39, 0.29) is 23.2 Å². The van der Waals surface area contributed by atoms with Crippen LogP contribution in [-0.4, -0.2) is 32.1 Å². The molecule has 37 heavy (non-hydrogen) atoms. The number of esters is 1. The monoisotopic (exact) mass is 572 g/mol. The highest BCUT2D eigenvalue weighted by molar-refractivity contribution is 9.10. The van der Waals surface area contributed by atoms with Crippen molar-refractivity contribution in [2.24, 2.45) is 11.8 Å². The summed E-state index contributed by atoms with van der Waals surface area (Å²) in [6.45, 7) is 10.4. The van der Waals surface area contributed by atoms with Crippen LogP contribution in [0.25, 0.3) is 0 Å². The summed E-state index contributed by atoms with van der Waals surface area (Å²) in [5, 5.41) is 0. The van der Waals surface area contributed by atoms with E-state index >= 15 is 0 Å². The summed E-state index contributed by atoms with van der Waals surface area (Å²) in [7, 11) is 2.91. The number of carbonyl (C=O) groups is 2. The molecule has 1 aliphatic carbocycles. The molecule has 3 unspecified atom stereocenters. The van der Waals surface area contributed by atoms with Crippen LogP contribution in [0.4, 0.5) is 0 Å². The van der Waals surface area contributed by atoms with Crippen LogP contribution in [0, 0.1) is 11.8 Å². The molecule has 0 aliphatic heterocycles. The van der Waals surface area contributed by atoms with Crippen molar-refractivity contribution in [1.29, 1.82) is 0 Å². The largest absolute Gasteiger partial charge is 0.493 e. The molecule has 1 aliphatic rings. The highest BCUT2D eigenvalue weighted by atomic mass is 79.9. The van der Waals surface area contributed by atoms with Crippen LogP contribution in [-0.2, 0) is 19.0 Å². The van der Waals surface area contributed by atoms with Crippen molar-refractivity contribution in [3.8, 4) is 0 Å². The lowest BCUT2D eigenvalue weighted by atomic mass is 9.77. The maximum atomic E-state index is 13.1. The van der Waals surface area contributed by atoms with Crippen molar-refractivity contribution >= 4 is 27.7 Å². The van der Waals surface area contributed by atoms with Gasteiger partial charge < -0.3 is 14.2 Å². The third kappa shape index (κ3) is 9.03. The van der Waals surface area contributed by atoms with Gasteiger partial charge in [0.1, 0.15) is 0 Å². The third-order valence-corrected chi connectivity index (χ3v) is 7.28. The van der Waals surface area contributed by atoms with Crippen LogP contribution in [0.1, 0.15) is 77.1 Å². The second kappa shape index (κ2) is 15.0. The predicted molar refractivity (Wildman–Crippen MR) is 152 cm³/mol. The predicted octanol–water partition coefficient (Wildman–Crippen LogP) is 8.12. The molecular formula is C31H41BrO5. The molecule has 0 fully saturated rings. The van der Waals surface area contributed by atoms with Crippen LogP contribution in [0.2, 0.25) is 0 Å². The molecule has 0 N–H and O–H groups in total. The van der Waals surface area contributed by atoms with Gasteiger partial charge in [0.05, 0.1) is 19.8 Å². The molecule has 2 rings (SSSR count). The molecule has 1 aromatic carbocycles. The Morgan fingerprint density at radius 1 is 0.919 bits per heavy atom. The molecule has 1 aromatic rings. The van der Waals surface area contributed by atoms with Gasteiger partial charge in [-0.3, -0.25) is 4.79 Å². The Labute approximate surface area is 230 Å². The van der Waals surface area contributed by atoms with E-state index in [1.807, 2.05) is 6.92 Å². The van der Waals surface area contributed by atoms with Crippen LogP contribution in [0.5, 0.6) is 0 Å². The highest BCUT2D eigenvalue weighted by Crippen LogP contribution is 2.38. The first kappa shape index (κ1) is 30.6. The van der Waals surface area contributed by atoms with E-state index in [0.29, 0.717) is 12.0 Å². The highest BCUT2D eigenvalue weighted by Gasteiger charge is 2.45. The van der Waals surface area contributed by atoms with Gasteiger partial charge >= 0.3 is 5.97 Å². The summed E-state index contributed by atoms with van der Waals surface area (Å²) in [4.78, 5) is 26.1. The number of hydrogen-bond acceptors (Lipinski definition) is 5. The van der Waals surface area contributed by atoms with Gasteiger partial charge in [-0.25, -0.2) is 4.79 Å². The summed E-state index contributed by atoms with van der Waals surface area (Å²) in [5.74, 6) is -0.879. The average molecular weight is 574 g/mol. The second-order valence-electron chi connectivity index (χ2n) is 9.95. The number of methoxy groups -OCH3 is 2. The van der Waals surface area contributed by atoms with E-state index in [0.717, 1.165) is 30.2 Å². The first-order chi connectivity index (χ1) is 17.6. The molecule has 0 saturated heterocycles. The normalized spacial score (nSPS) is 20.5. The minimum Gasteiger partial charge on any atom is -0.493 e. The zero-order valence-electron chi connectivity index (χ0n) is 23.2. The van der Waals surface area contributed by atoms with Gasteiger partial charge in [0, 0.05) is 16.3 Å². The van der Waals surface area contributed by atoms with Crippen LogP contribution >= 0.6 is 15.9 Å². The maximum absolute atomic E-state index is 13.1. The number of ether oxygens (including phenoxy) is 3. The number of carbonyl (C=O) groups excluding carboxylic acids is 2. The lowest BCUT2D eigenvalue weighted by Gasteiger charge is -2.36. The standard InChI is InChI=1S/C31H41BrO5/c1-20(2)10-8-11-21(3)12-9-13-22(4)14-19-26-23(5)27(33)29(35-6)30(36-7)28(26)37-31(34)24-15-17-25(32)18-16-24/h10,12,14-18,23,26,28H,8-9,11,13,19H2,1-7H3/b21-12+,22-14+.